The Morgan fingerprint density at radius 2 is 1.65 bits per heavy atom. The van der Waals surface area contributed by atoms with Crippen molar-refractivity contribution in [3.63, 3.8) is 0 Å². The van der Waals surface area contributed by atoms with Crippen molar-refractivity contribution >= 4 is 62.4 Å². The first kappa shape index (κ1) is 27.4. The van der Waals surface area contributed by atoms with Gasteiger partial charge in [0.05, 0.1) is 23.7 Å². The van der Waals surface area contributed by atoms with Crippen molar-refractivity contribution in [2.45, 2.75) is 20.0 Å². The number of benzene rings is 4. The van der Waals surface area contributed by atoms with E-state index in [9.17, 15) is 9.59 Å². The van der Waals surface area contributed by atoms with Crippen LogP contribution in [0.2, 0.25) is 10.0 Å². The van der Waals surface area contributed by atoms with Crippen LogP contribution in [0, 0.1) is 6.92 Å². The molecule has 0 radical (unpaired) electrons. The van der Waals surface area contributed by atoms with Crippen LogP contribution in [0.3, 0.4) is 0 Å². The lowest BCUT2D eigenvalue weighted by Gasteiger charge is -2.21. The molecule has 5 rings (SSSR count). The number of rotatable bonds is 8. The third-order valence-corrected chi connectivity index (χ3v) is 7.54. The van der Waals surface area contributed by atoms with Crippen molar-refractivity contribution in [2.24, 2.45) is 0 Å². The highest BCUT2D eigenvalue weighted by Gasteiger charge is 2.20. The summed E-state index contributed by atoms with van der Waals surface area (Å²) in [6.07, 6.45) is 0.171. The third kappa shape index (κ3) is 5.88. The fourth-order valence-corrected chi connectivity index (χ4v) is 5.18. The van der Waals surface area contributed by atoms with Gasteiger partial charge in [0.15, 0.2) is 0 Å². The van der Waals surface area contributed by atoms with Crippen molar-refractivity contribution in [3.05, 3.63) is 112 Å². The van der Waals surface area contributed by atoms with Crippen LogP contribution in [0.1, 0.15) is 16.8 Å². The number of aryl methyl sites for hydroxylation is 1. The number of nitrogens with one attached hydrogen (secondary N) is 1. The second-order valence-electron chi connectivity index (χ2n) is 9.47. The average Bonchev–Trinajstić information content (AvgIpc) is 2.96. The lowest BCUT2D eigenvalue weighted by molar-refractivity contribution is -0.124. The molecule has 0 saturated carbocycles. The number of fused-ring (bicyclic) bond motifs is 2. The number of carbonyl (C=O) groups excluding carboxylic acids is 2. The Bertz CT molecular complexity index is 1730. The van der Waals surface area contributed by atoms with Gasteiger partial charge in [-0.05, 0) is 47.5 Å². The van der Waals surface area contributed by atoms with E-state index in [-0.39, 0.29) is 31.4 Å². The number of likely N-dealkylation sites (N-methyl/N-ethyl adjacent to an activating group) is 1. The van der Waals surface area contributed by atoms with Crippen LogP contribution in [0.25, 0.3) is 21.7 Å². The van der Waals surface area contributed by atoms with Crippen molar-refractivity contribution < 1.29 is 14.3 Å². The maximum Gasteiger partial charge on any atom is 0.246 e. The summed E-state index contributed by atoms with van der Waals surface area (Å²) in [5, 5.41) is 6.49. The summed E-state index contributed by atoms with van der Waals surface area (Å²) in [4.78, 5) is 31.7. The second-order valence-corrected chi connectivity index (χ2v) is 10.3. The average molecular weight is 572 g/mol. The molecule has 4 aromatic carbocycles. The maximum absolute atomic E-state index is 13.0. The number of pyridine rings is 1. The minimum atomic E-state index is -0.323. The van der Waals surface area contributed by atoms with Gasteiger partial charge in [0.2, 0.25) is 11.8 Å². The summed E-state index contributed by atoms with van der Waals surface area (Å²) < 4.78 is 6.09. The minimum absolute atomic E-state index is 0.0873. The molecular formula is C32H27Cl2N3O3. The summed E-state index contributed by atoms with van der Waals surface area (Å²) in [5.41, 5.74) is 3.54. The number of nitrogens with zero attached hydrogens (tertiary/aromatic N) is 2. The van der Waals surface area contributed by atoms with Gasteiger partial charge in [0.1, 0.15) is 17.9 Å². The van der Waals surface area contributed by atoms with Gasteiger partial charge in [-0.25, -0.2) is 4.98 Å². The van der Waals surface area contributed by atoms with E-state index in [1.807, 2.05) is 79.7 Å². The maximum atomic E-state index is 13.0. The van der Waals surface area contributed by atoms with Gasteiger partial charge in [0, 0.05) is 28.7 Å². The molecule has 5 aromatic rings. The topological polar surface area (TPSA) is 71.5 Å². The zero-order valence-electron chi connectivity index (χ0n) is 22.1. The van der Waals surface area contributed by atoms with Gasteiger partial charge in [-0.1, -0.05) is 83.9 Å². The number of carbonyl (C=O) groups is 2. The monoisotopic (exact) mass is 571 g/mol. The molecule has 0 bridgehead atoms. The number of anilines is 1. The highest BCUT2D eigenvalue weighted by atomic mass is 35.5. The van der Waals surface area contributed by atoms with Gasteiger partial charge in [-0.15, -0.1) is 0 Å². The van der Waals surface area contributed by atoms with Crippen LogP contribution in [0.5, 0.6) is 5.75 Å². The Morgan fingerprint density at radius 1 is 0.900 bits per heavy atom. The van der Waals surface area contributed by atoms with Crippen molar-refractivity contribution in [2.75, 3.05) is 18.5 Å². The minimum Gasteiger partial charge on any atom is -0.487 e. The fourth-order valence-electron chi connectivity index (χ4n) is 4.57. The van der Waals surface area contributed by atoms with E-state index in [4.69, 9.17) is 27.9 Å². The summed E-state index contributed by atoms with van der Waals surface area (Å²) in [6, 6.07) is 26.7. The summed E-state index contributed by atoms with van der Waals surface area (Å²) in [6.45, 7) is 1.84. The third-order valence-electron chi connectivity index (χ3n) is 6.76. The molecule has 0 saturated heterocycles. The standard InChI is InChI=1S/C32H27Cl2N3O3/c1-20-13-14-22-9-6-12-28(32(22)36-20)40-19-25-26(33)15-16-27(31(25)34)37(2)30(39)18-35-29(38)17-23-10-5-8-21-7-3-4-11-24(21)23/h3-16H,17-19H2,1-2H3,(H,35,38). The Kier molecular flexibility index (Phi) is 8.19. The van der Waals surface area contributed by atoms with Crippen LogP contribution in [-0.4, -0.2) is 30.4 Å². The van der Waals surface area contributed by atoms with E-state index in [2.05, 4.69) is 10.3 Å². The number of para-hydroxylation sites is 1. The number of ether oxygens (including phenoxy) is 1. The molecule has 1 N–H and O–H groups in total. The molecule has 0 fully saturated rings. The van der Waals surface area contributed by atoms with Crippen LogP contribution in [-0.2, 0) is 22.6 Å². The normalized spacial score (nSPS) is 11.0. The van der Waals surface area contributed by atoms with Crippen LogP contribution < -0.4 is 15.0 Å². The van der Waals surface area contributed by atoms with E-state index in [1.165, 1.54) is 4.90 Å². The number of hydrogen-bond acceptors (Lipinski definition) is 4. The van der Waals surface area contributed by atoms with Gasteiger partial charge in [-0.3, -0.25) is 9.59 Å². The first-order valence-electron chi connectivity index (χ1n) is 12.8. The van der Waals surface area contributed by atoms with Gasteiger partial charge < -0.3 is 15.0 Å². The van der Waals surface area contributed by atoms with Crippen molar-refractivity contribution in [1.82, 2.24) is 10.3 Å². The molecule has 0 spiro atoms. The summed E-state index contributed by atoms with van der Waals surface area (Å²) in [5.74, 6) is 0.0430. The largest absolute Gasteiger partial charge is 0.487 e. The lowest BCUT2D eigenvalue weighted by Crippen LogP contribution is -2.39. The first-order chi connectivity index (χ1) is 19.3. The Hall–Kier alpha value is -4.13. The van der Waals surface area contributed by atoms with Gasteiger partial charge in [-0.2, -0.15) is 0 Å². The molecule has 40 heavy (non-hydrogen) atoms. The molecule has 8 heteroatoms. The SMILES string of the molecule is Cc1ccc2cccc(OCc3c(Cl)ccc(N(C)C(=O)CNC(=O)Cc4cccc5ccccc45)c3Cl)c2n1. The molecule has 1 aromatic heterocycles. The van der Waals surface area contributed by atoms with Gasteiger partial charge >= 0.3 is 0 Å². The molecule has 0 aliphatic heterocycles. The van der Waals surface area contributed by atoms with Crippen LogP contribution in [0.15, 0.2) is 84.9 Å². The van der Waals surface area contributed by atoms with E-state index in [0.717, 1.165) is 32.9 Å². The second kappa shape index (κ2) is 11.9. The van der Waals surface area contributed by atoms with E-state index in [1.54, 1.807) is 19.2 Å². The van der Waals surface area contributed by atoms with Crippen LogP contribution >= 0.6 is 23.2 Å². The van der Waals surface area contributed by atoms with E-state index < -0.39 is 0 Å². The molecule has 0 aliphatic rings. The number of halogens is 2. The summed E-state index contributed by atoms with van der Waals surface area (Å²) in [7, 11) is 1.61. The Balaban J connectivity index is 1.26. The quantitative estimate of drug-likeness (QED) is 0.220. The molecule has 2 amide bonds. The highest BCUT2D eigenvalue weighted by Crippen LogP contribution is 2.35. The Labute approximate surface area is 242 Å². The molecule has 6 nitrogen and oxygen atoms in total. The van der Waals surface area contributed by atoms with Gasteiger partial charge in [0.25, 0.3) is 0 Å². The van der Waals surface area contributed by atoms with Crippen LogP contribution in [0.4, 0.5) is 5.69 Å². The molecule has 202 valence electrons. The van der Waals surface area contributed by atoms with E-state index >= 15 is 0 Å². The fraction of sp³-hybridized carbons (Fsp3) is 0.156. The zero-order valence-corrected chi connectivity index (χ0v) is 23.6. The van der Waals surface area contributed by atoms with E-state index in [0.29, 0.717) is 27.0 Å². The Morgan fingerprint density at radius 3 is 2.50 bits per heavy atom. The predicted molar refractivity (Wildman–Crippen MR) is 161 cm³/mol. The molecular weight excluding hydrogens is 545 g/mol. The molecule has 1 heterocycles. The number of amides is 2. The smallest absolute Gasteiger partial charge is 0.246 e. The van der Waals surface area contributed by atoms with Crippen molar-refractivity contribution in [1.29, 1.82) is 0 Å². The molecule has 0 aliphatic carbocycles. The molecule has 0 unspecified atom stereocenters. The number of aromatic nitrogens is 1. The zero-order chi connectivity index (χ0) is 28.2. The summed E-state index contributed by atoms with van der Waals surface area (Å²) >= 11 is 13.2. The van der Waals surface area contributed by atoms with Crippen molar-refractivity contribution in [3.8, 4) is 5.75 Å². The molecule has 0 atom stereocenters. The highest BCUT2D eigenvalue weighted by molar-refractivity contribution is 6.38. The predicted octanol–water partition coefficient (Wildman–Crippen LogP) is 6.90. The number of hydrogen-bond donors (Lipinski definition) is 1. The lowest BCUT2D eigenvalue weighted by atomic mass is 10.0. The first-order valence-corrected chi connectivity index (χ1v) is 13.5.